The molecule has 0 bridgehead atoms. The molecule has 1 unspecified atom stereocenters. The predicted molar refractivity (Wildman–Crippen MR) is 75.7 cm³/mol. The fraction of sp³-hybridized carbons (Fsp3) is 0.400. The number of aromatic nitrogens is 2. The van der Waals surface area contributed by atoms with E-state index in [1.54, 1.807) is 7.11 Å². The van der Waals surface area contributed by atoms with Crippen LogP contribution in [0.25, 0.3) is 0 Å². The third kappa shape index (κ3) is 2.18. The molecule has 0 radical (unpaired) electrons. The molecule has 0 saturated heterocycles. The smallest absolute Gasteiger partial charge is 0.203 e. The summed E-state index contributed by atoms with van der Waals surface area (Å²) >= 11 is 0. The van der Waals surface area contributed by atoms with Gasteiger partial charge in [-0.15, -0.1) is 0 Å². The molecule has 2 heterocycles. The lowest BCUT2D eigenvalue weighted by Crippen LogP contribution is -2.22. The van der Waals surface area contributed by atoms with Crippen molar-refractivity contribution in [1.82, 2.24) is 9.55 Å². The van der Waals surface area contributed by atoms with Gasteiger partial charge >= 0.3 is 0 Å². The van der Waals surface area contributed by atoms with Crippen LogP contribution in [0.3, 0.4) is 0 Å². The summed E-state index contributed by atoms with van der Waals surface area (Å²) in [6, 6.07) is 6.58. The molecule has 0 aliphatic carbocycles. The van der Waals surface area contributed by atoms with Crippen molar-refractivity contribution in [2.24, 2.45) is 0 Å². The van der Waals surface area contributed by atoms with Crippen LogP contribution in [0, 0.1) is 13.8 Å². The topological polar surface area (TPSA) is 39.1 Å². The van der Waals surface area contributed by atoms with E-state index in [0.717, 1.165) is 30.4 Å². The number of benzene rings is 1. The first-order valence-corrected chi connectivity index (χ1v) is 6.62. The summed E-state index contributed by atoms with van der Waals surface area (Å²) in [4.78, 5) is 4.52. The molecule has 1 aliphatic heterocycles. The van der Waals surface area contributed by atoms with Gasteiger partial charge in [-0.2, -0.15) is 0 Å². The minimum absolute atomic E-state index is 0.268. The lowest BCUT2D eigenvalue weighted by atomic mass is 9.99. The fourth-order valence-electron chi connectivity index (χ4n) is 2.69. The molecule has 1 N–H and O–H groups in total. The molecule has 1 aromatic carbocycles. The Kier molecular flexibility index (Phi) is 2.93. The lowest BCUT2D eigenvalue weighted by Gasteiger charge is -2.27. The summed E-state index contributed by atoms with van der Waals surface area (Å²) in [5.41, 5.74) is 3.52. The van der Waals surface area contributed by atoms with E-state index < -0.39 is 0 Å². The quantitative estimate of drug-likeness (QED) is 0.898. The van der Waals surface area contributed by atoms with Crippen LogP contribution < -0.4 is 10.1 Å². The van der Waals surface area contributed by atoms with Crippen molar-refractivity contribution in [2.45, 2.75) is 32.9 Å². The van der Waals surface area contributed by atoms with Gasteiger partial charge in [-0.05, 0) is 26.3 Å². The number of hydrogen-bond donors (Lipinski definition) is 1. The van der Waals surface area contributed by atoms with Crippen LogP contribution in [0.2, 0.25) is 0 Å². The third-order valence-electron chi connectivity index (χ3n) is 3.62. The summed E-state index contributed by atoms with van der Waals surface area (Å²) in [6.07, 6.45) is 3.13. The van der Waals surface area contributed by atoms with E-state index in [9.17, 15) is 0 Å². The molecule has 0 saturated carbocycles. The van der Waals surface area contributed by atoms with Gasteiger partial charge < -0.3 is 14.6 Å². The summed E-state index contributed by atoms with van der Waals surface area (Å²) in [6.45, 7) is 5.12. The molecule has 19 heavy (non-hydrogen) atoms. The van der Waals surface area contributed by atoms with E-state index in [1.807, 2.05) is 13.0 Å². The van der Waals surface area contributed by atoms with Crippen LogP contribution in [-0.4, -0.2) is 16.7 Å². The molecular formula is C15H19N3O. The van der Waals surface area contributed by atoms with Gasteiger partial charge in [0.2, 0.25) is 5.95 Å². The molecule has 0 fully saturated rings. The average Bonchev–Trinajstić information content (AvgIpc) is 2.77. The molecule has 0 amide bonds. The zero-order valence-corrected chi connectivity index (χ0v) is 11.6. The van der Waals surface area contributed by atoms with Crippen LogP contribution >= 0.6 is 0 Å². The Bertz CT molecular complexity index is 603. The van der Waals surface area contributed by atoms with E-state index >= 15 is 0 Å². The summed E-state index contributed by atoms with van der Waals surface area (Å²) in [5, 5.41) is 3.51. The highest BCUT2D eigenvalue weighted by atomic mass is 16.5. The summed E-state index contributed by atoms with van der Waals surface area (Å²) in [5.74, 6) is 1.90. The van der Waals surface area contributed by atoms with Crippen molar-refractivity contribution >= 4 is 5.95 Å². The van der Waals surface area contributed by atoms with E-state index in [2.05, 4.69) is 40.1 Å². The number of nitrogens with one attached hydrogen (secondary N) is 1. The third-order valence-corrected chi connectivity index (χ3v) is 3.62. The van der Waals surface area contributed by atoms with Gasteiger partial charge in [-0.3, -0.25) is 0 Å². The Hall–Kier alpha value is -1.97. The number of anilines is 1. The van der Waals surface area contributed by atoms with E-state index in [1.165, 1.54) is 11.1 Å². The fourth-order valence-corrected chi connectivity index (χ4v) is 2.69. The van der Waals surface area contributed by atoms with Gasteiger partial charge in [0.15, 0.2) is 0 Å². The second-order valence-electron chi connectivity index (χ2n) is 5.13. The van der Waals surface area contributed by atoms with Gasteiger partial charge in [-0.25, -0.2) is 4.98 Å². The van der Waals surface area contributed by atoms with Crippen molar-refractivity contribution in [3.05, 3.63) is 41.2 Å². The predicted octanol–water partition coefficient (Wildman–Crippen LogP) is 3.07. The van der Waals surface area contributed by atoms with Gasteiger partial charge in [0.05, 0.1) is 18.8 Å². The van der Waals surface area contributed by atoms with E-state index in [0.29, 0.717) is 0 Å². The SMILES string of the molecule is COc1ccc(C)cc1C1CCn2cc(C)nc2N1. The zero-order chi connectivity index (χ0) is 13.4. The number of aryl methyl sites for hydroxylation is 3. The number of fused-ring (bicyclic) bond motifs is 1. The molecule has 100 valence electrons. The van der Waals surface area contributed by atoms with Crippen molar-refractivity contribution in [3.8, 4) is 5.75 Å². The first kappa shape index (κ1) is 12.1. The van der Waals surface area contributed by atoms with Crippen molar-refractivity contribution in [2.75, 3.05) is 12.4 Å². The van der Waals surface area contributed by atoms with Gasteiger partial charge in [0.25, 0.3) is 0 Å². The molecule has 3 rings (SSSR count). The van der Waals surface area contributed by atoms with E-state index in [4.69, 9.17) is 4.74 Å². The number of methoxy groups -OCH3 is 1. The Balaban J connectivity index is 1.94. The standard InChI is InChI=1S/C15H19N3O/c1-10-4-5-14(19-3)12(8-10)13-6-7-18-9-11(2)16-15(18)17-13/h4-5,8-9,13H,6-7H2,1-3H3,(H,16,17). The van der Waals surface area contributed by atoms with Gasteiger partial charge in [-0.1, -0.05) is 17.7 Å². The van der Waals surface area contributed by atoms with Crippen LogP contribution in [0.1, 0.15) is 29.3 Å². The molecule has 1 aliphatic rings. The first-order valence-electron chi connectivity index (χ1n) is 6.62. The molecule has 4 nitrogen and oxygen atoms in total. The Morgan fingerprint density at radius 2 is 2.21 bits per heavy atom. The second kappa shape index (κ2) is 4.61. The maximum absolute atomic E-state index is 5.48. The normalized spacial score (nSPS) is 17.7. The lowest BCUT2D eigenvalue weighted by molar-refractivity contribution is 0.402. The van der Waals surface area contributed by atoms with Crippen molar-refractivity contribution in [3.63, 3.8) is 0 Å². The molecule has 2 aromatic rings. The monoisotopic (exact) mass is 257 g/mol. The maximum atomic E-state index is 5.48. The summed E-state index contributed by atoms with van der Waals surface area (Å²) < 4.78 is 7.65. The highest BCUT2D eigenvalue weighted by Crippen LogP contribution is 2.34. The highest BCUT2D eigenvalue weighted by Gasteiger charge is 2.23. The number of hydrogen-bond acceptors (Lipinski definition) is 3. The zero-order valence-electron chi connectivity index (χ0n) is 11.6. The van der Waals surface area contributed by atoms with Crippen LogP contribution in [0.4, 0.5) is 5.95 Å². The van der Waals surface area contributed by atoms with Gasteiger partial charge in [0.1, 0.15) is 5.75 Å². The second-order valence-corrected chi connectivity index (χ2v) is 5.13. The maximum Gasteiger partial charge on any atom is 0.203 e. The highest BCUT2D eigenvalue weighted by molar-refractivity contribution is 5.44. The molecule has 1 atom stereocenters. The largest absolute Gasteiger partial charge is 0.496 e. The molecule has 1 aromatic heterocycles. The molecular weight excluding hydrogens is 238 g/mol. The average molecular weight is 257 g/mol. The van der Waals surface area contributed by atoms with Crippen LogP contribution in [-0.2, 0) is 6.54 Å². The molecule has 4 heteroatoms. The first-order chi connectivity index (χ1) is 9.17. The number of imidazole rings is 1. The minimum atomic E-state index is 0.268. The van der Waals surface area contributed by atoms with E-state index in [-0.39, 0.29) is 6.04 Å². The number of ether oxygens (including phenoxy) is 1. The van der Waals surface area contributed by atoms with Crippen molar-refractivity contribution in [1.29, 1.82) is 0 Å². The number of rotatable bonds is 2. The minimum Gasteiger partial charge on any atom is -0.496 e. The summed E-state index contributed by atoms with van der Waals surface area (Å²) in [7, 11) is 1.72. The van der Waals surface area contributed by atoms with Gasteiger partial charge in [0, 0.05) is 18.3 Å². The Labute approximate surface area is 113 Å². The van der Waals surface area contributed by atoms with Crippen LogP contribution in [0.15, 0.2) is 24.4 Å². The molecule has 0 spiro atoms. The van der Waals surface area contributed by atoms with Crippen LogP contribution in [0.5, 0.6) is 5.75 Å². The Morgan fingerprint density at radius 1 is 1.37 bits per heavy atom. The van der Waals surface area contributed by atoms with Crippen molar-refractivity contribution < 1.29 is 4.74 Å². The number of nitrogens with zero attached hydrogens (tertiary/aromatic N) is 2. The Morgan fingerprint density at radius 3 is 3.00 bits per heavy atom.